The normalized spacial score (nSPS) is 14.8. The largest absolute Gasteiger partial charge is 0.212 e. The van der Waals surface area contributed by atoms with Crippen molar-refractivity contribution in [2.75, 3.05) is 13.3 Å². The summed E-state index contributed by atoms with van der Waals surface area (Å²) in [6, 6.07) is 3.79. The van der Waals surface area contributed by atoms with Crippen LogP contribution in [-0.2, 0) is 10.0 Å². The maximum atomic E-state index is 11.2. The minimum absolute atomic E-state index is 0.0741. The van der Waals surface area contributed by atoms with Crippen molar-refractivity contribution < 1.29 is 8.42 Å². The molecule has 1 aromatic rings. The van der Waals surface area contributed by atoms with Gasteiger partial charge in [0.1, 0.15) is 0 Å². The first-order chi connectivity index (χ1) is 5.93. The fourth-order valence-electron chi connectivity index (χ4n) is 0.995. The van der Waals surface area contributed by atoms with E-state index in [-0.39, 0.29) is 6.04 Å². The van der Waals surface area contributed by atoms with Crippen molar-refractivity contribution in [3.63, 3.8) is 0 Å². The molecule has 0 aromatic carbocycles. The molecule has 5 heteroatoms. The van der Waals surface area contributed by atoms with Gasteiger partial charge in [0.15, 0.2) is 0 Å². The molecule has 1 heterocycles. The molecule has 0 radical (unpaired) electrons. The summed E-state index contributed by atoms with van der Waals surface area (Å²) in [5, 5.41) is 1.95. The average Bonchev–Trinajstić information content (AvgIpc) is 2.51. The highest BCUT2D eigenvalue weighted by molar-refractivity contribution is 7.88. The van der Waals surface area contributed by atoms with Gasteiger partial charge in [-0.05, 0) is 18.4 Å². The molecule has 0 aliphatic heterocycles. The van der Waals surface area contributed by atoms with Crippen molar-refractivity contribution >= 4 is 21.4 Å². The number of nitrogens with zero attached hydrogens (tertiary/aromatic N) is 1. The fourth-order valence-corrected chi connectivity index (χ4v) is 2.58. The van der Waals surface area contributed by atoms with Crippen LogP contribution in [0.2, 0.25) is 0 Å². The quantitative estimate of drug-likeness (QED) is 0.776. The standard InChI is InChI=1S/C8H13NO2S2/c1-7(8-5-4-6-12-8)9(2)13(3,10)11/h4-7H,1-3H3. The molecule has 0 saturated carbocycles. The fraction of sp³-hybridized carbons (Fsp3) is 0.500. The van der Waals surface area contributed by atoms with Gasteiger partial charge in [-0.3, -0.25) is 0 Å². The Morgan fingerprint density at radius 3 is 2.54 bits per heavy atom. The van der Waals surface area contributed by atoms with Crippen LogP contribution in [-0.4, -0.2) is 26.0 Å². The van der Waals surface area contributed by atoms with Gasteiger partial charge < -0.3 is 0 Å². The molecule has 0 bridgehead atoms. The van der Waals surface area contributed by atoms with Gasteiger partial charge >= 0.3 is 0 Å². The van der Waals surface area contributed by atoms with E-state index in [2.05, 4.69) is 0 Å². The summed E-state index contributed by atoms with van der Waals surface area (Å²) in [6.45, 7) is 1.88. The van der Waals surface area contributed by atoms with Gasteiger partial charge in [0.2, 0.25) is 10.0 Å². The second kappa shape index (κ2) is 3.77. The average molecular weight is 219 g/mol. The van der Waals surface area contributed by atoms with Crippen molar-refractivity contribution in [3.05, 3.63) is 22.4 Å². The lowest BCUT2D eigenvalue weighted by molar-refractivity contribution is 0.406. The third kappa shape index (κ3) is 2.52. The zero-order valence-corrected chi connectivity index (χ0v) is 9.52. The summed E-state index contributed by atoms with van der Waals surface area (Å²) >= 11 is 1.57. The zero-order valence-electron chi connectivity index (χ0n) is 7.89. The number of sulfonamides is 1. The Hall–Kier alpha value is -0.390. The maximum Gasteiger partial charge on any atom is 0.211 e. The van der Waals surface area contributed by atoms with Crippen LogP contribution >= 0.6 is 11.3 Å². The van der Waals surface area contributed by atoms with E-state index in [0.717, 1.165) is 4.88 Å². The van der Waals surface area contributed by atoms with Crippen LogP contribution in [0.3, 0.4) is 0 Å². The number of rotatable bonds is 3. The number of hydrogen-bond acceptors (Lipinski definition) is 3. The molecule has 0 saturated heterocycles. The Labute approximate surface area is 83.1 Å². The SMILES string of the molecule is CC(c1cccs1)N(C)S(C)(=O)=O. The van der Waals surface area contributed by atoms with Crippen molar-refractivity contribution in [1.82, 2.24) is 4.31 Å². The van der Waals surface area contributed by atoms with Gasteiger partial charge in [-0.25, -0.2) is 8.42 Å². The van der Waals surface area contributed by atoms with Gasteiger partial charge in [-0.2, -0.15) is 4.31 Å². The van der Waals surface area contributed by atoms with Gasteiger partial charge in [0.25, 0.3) is 0 Å². The van der Waals surface area contributed by atoms with Crippen LogP contribution in [0.5, 0.6) is 0 Å². The van der Waals surface area contributed by atoms with Crippen molar-refractivity contribution in [2.24, 2.45) is 0 Å². The van der Waals surface area contributed by atoms with Crippen molar-refractivity contribution in [1.29, 1.82) is 0 Å². The molecule has 1 unspecified atom stereocenters. The third-order valence-corrected chi connectivity index (χ3v) is 4.43. The van der Waals surface area contributed by atoms with Crippen LogP contribution in [0, 0.1) is 0 Å². The Morgan fingerprint density at radius 2 is 2.15 bits per heavy atom. The lowest BCUT2D eigenvalue weighted by Gasteiger charge is -2.20. The van der Waals surface area contributed by atoms with E-state index < -0.39 is 10.0 Å². The first-order valence-electron chi connectivity index (χ1n) is 3.89. The molecule has 0 aliphatic rings. The van der Waals surface area contributed by atoms with Crippen LogP contribution < -0.4 is 0 Å². The molecule has 74 valence electrons. The van der Waals surface area contributed by atoms with Crippen LogP contribution in [0.25, 0.3) is 0 Å². The smallest absolute Gasteiger partial charge is 0.211 e. The van der Waals surface area contributed by atoms with E-state index in [1.807, 2.05) is 24.4 Å². The predicted molar refractivity (Wildman–Crippen MR) is 55.3 cm³/mol. The number of hydrogen-bond donors (Lipinski definition) is 0. The van der Waals surface area contributed by atoms with Gasteiger partial charge in [0, 0.05) is 11.9 Å². The molecule has 1 rings (SSSR count). The van der Waals surface area contributed by atoms with E-state index in [9.17, 15) is 8.42 Å². The zero-order chi connectivity index (χ0) is 10.1. The summed E-state index contributed by atoms with van der Waals surface area (Å²) in [5.74, 6) is 0. The van der Waals surface area contributed by atoms with Crippen molar-refractivity contribution in [3.8, 4) is 0 Å². The van der Waals surface area contributed by atoms with E-state index in [4.69, 9.17) is 0 Å². The Kier molecular flexibility index (Phi) is 3.10. The highest BCUT2D eigenvalue weighted by atomic mass is 32.2. The first kappa shape index (κ1) is 10.7. The Bertz CT molecular complexity index is 356. The molecule has 1 aromatic heterocycles. The summed E-state index contributed by atoms with van der Waals surface area (Å²) in [5.41, 5.74) is 0. The summed E-state index contributed by atoms with van der Waals surface area (Å²) in [6.07, 6.45) is 1.22. The molecule has 0 aliphatic carbocycles. The van der Waals surface area contributed by atoms with Gasteiger partial charge in [-0.1, -0.05) is 6.07 Å². The summed E-state index contributed by atoms with van der Waals surface area (Å²) < 4.78 is 23.8. The topological polar surface area (TPSA) is 37.4 Å². The minimum atomic E-state index is -3.09. The maximum absolute atomic E-state index is 11.2. The van der Waals surface area contributed by atoms with E-state index in [0.29, 0.717) is 0 Å². The van der Waals surface area contributed by atoms with Crippen LogP contribution in [0.15, 0.2) is 17.5 Å². The molecular weight excluding hydrogens is 206 g/mol. The van der Waals surface area contributed by atoms with E-state index in [1.165, 1.54) is 10.6 Å². The molecule has 0 amide bonds. The van der Waals surface area contributed by atoms with Gasteiger partial charge in [0.05, 0.1) is 12.3 Å². The molecule has 0 fully saturated rings. The molecule has 0 N–H and O–H groups in total. The van der Waals surface area contributed by atoms with E-state index >= 15 is 0 Å². The molecule has 13 heavy (non-hydrogen) atoms. The first-order valence-corrected chi connectivity index (χ1v) is 6.62. The van der Waals surface area contributed by atoms with Crippen molar-refractivity contribution in [2.45, 2.75) is 13.0 Å². The highest BCUT2D eigenvalue weighted by Gasteiger charge is 2.20. The highest BCUT2D eigenvalue weighted by Crippen LogP contribution is 2.24. The van der Waals surface area contributed by atoms with Crippen LogP contribution in [0.4, 0.5) is 0 Å². The predicted octanol–water partition coefficient (Wildman–Crippen LogP) is 1.70. The molecule has 0 spiro atoms. The lowest BCUT2D eigenvalue weighted by atomic mass is 10.3. The van der Waals surface area contributed by atoms with Crippen LogP contribution in [0.1, 0.15) is 17.8 Å². The molecular formula is C8H13NO2S2. The summed E-state index contributed by atoms with van der Waals surface area (Å²) in [4.78, 5) is 1.06. The number of thiophene rings is 1. The van der Waals surface area contributed by atoms with Gasteiger partial charge in [-0.15, -0.1) is 11.3 Å². The Morgan fingerprint density at radius 1 is 1.54 bits per heavy atom. The molecule has 3 nitrogen and oxygen atoms in total. The van der Waals surface area contributed by atoms with E-state index in [1.54, 1.807) is 18.4 Å². The second-order valence-corrected chi connectivity index (χ2v) is 5.99. The second-order valence-electron chi connectivity index (χ2n) is 2.97. The Balaban J connectivity index is 2.86. The third-order valence-electron chi connectivity index (χ3n) is 2.02. The monoisotopic (exact) mass is 219 g/mol. The lowest BCUT2D eigenvalue weighted by Crippen LogP contribution is -2.27. The summed E-state index contributed by atoms with van der Waals surface area (Å²) in [7, 11) is -1.49. The minimum Gasteiger partial charge on any atom is -0.212 e. The molecule has 1 atom stereocenters.